The first-order chi connectivity index (χ1) is 11.2. The number of aryl methyl sites for hydroxylation is 1. The van der Waals surface area contributed by atoms with Crippen LogP contribution in [-0.4, -0.2) is 10.9 Å². The molecule has 0 atom stereocenters. The maximum absolute atomic E-state index is 12.9. The molecule has 4 aliphatic rings. The number of hydrogen-bond acceptors (Lipinski definition) is 3. The second-order valence-electron chi connectivity index (χ2n) is 7.94. The minimum Gasteiger partial charge on any atom is -0.302 e. The van der Waals surface area contributed by atoms with E-state index >= 15 is 0 Å². The molecular weight excluding hydrogens is 304 g/mol. The lowest BCUT2D eigenvalue weighted by atomic mass is 9.51. The highest BCUT2D eigenvalue weighted by atomic mass is 32.1. The predicted molar refractivity (Wildman–Crippen MR) is 93.5 cm³/mol. The monoisotopic (exact) mass is 326 g/mol. The van der Waals surface area contributed by atoms with Gasteiger partial charge in [0.1, 0.15) is 0 Å². The number of fused-ring (bicyclic) bond motifs is 1. The second-order valence-corrected chi connectivity index (χ2v) is 8.97. The fraction of sp³-hybridized carbons (Fsp3) is 0.579. The van der Waals surface area contributed by atoms with Gasteiger partial charge in [-0.05, 0) is 80.4 Å². The molecule has 4 aliphatic carbocycles. The van der Waals surface area contributed by atoms with Gasteiger partial charge < -0.3 is 5.32 Å². The molecule has 1 heterocycles. The van der Waals surface area contributed by atoms with Crippen molar-refractivity contribution < 1.29 is 4.79 Å². The summed E-state index contributed by atoms with van der Waals surface area (Å²) in [4.78, 5) is 17.5. The Morgan fingerprint density at radius 2 is 1.83 bits per heavy atom. The van der Waals surface area contributed by atoms with Crippen molar-refractivity contribution in [2.75, 3.05) is 5.32 Å². The molecule has 6 rings (SSSR count). The normalized spacial score (nSPS) is 34.9. The molecule has 1 aromatic carbocycles. The number of rotatable bonds is 2. The summed E-state index contributed by atoms with van der Waals surface area (Å²) < 4.78 is 1.16. The zero-order valence-corrected chi connectivity index (χ0v) is 14.2. The molecule has 23 heavy (non-hydrogen) atoms. The van der Waals surface area contributed by atoms with E-state index in [0.717, 1.165) is 27.2 Å². The van der Waals surface area contributed by atoms with E-state index in [1.54, 1.807) is 11.3 Å². The summed E-state index contributed by atoms with van der Waals surface area (Å²) in [5, 5.41) is 3.92. The van der Waals surface area contributed by atoms with Crippen LogP contribution in [0.2, 0.25) is 0 Å². The molecule has 0 aliphatic heterocycles. The van der Waals surface area contributed by atoms with E-state index in [-0.39, 0.29) is 11.8 Å². The molecule has 0 radical (unpaired) electrons. The molecular formula is C19H22N2OS. The van der Waals surface area contributed by atoms with Crippen molar-refractivity contribution in [3.63, 3.8) is 0 Å². The molecule has 1 aromatic heterocycles. The molecule has 0 unspecified atom stereocenters. The van der Waals surface area contributed by atoms with E-state index in [4.69, 9.17) is 0 Å². The second kappa shape index (κ2) is 5.04. The minimum absolute atomic E-state index is 0.231. The van der Waals surface area contributed by atoms with Gasteiger partial charge in [-0.15, -0.1) is 0 Å². The van der Waals surface area contributed by atoms with Crippen LogP contribution < -0.4 is 5.32 Å². The highest BCUT2D eigenvalue weighted by molar-refractivity contribution is 7.22. The fourth-order valence-corrected chi connectivity index (χ4v) is 6.59. The Labute approximate surface area is 140 Å². The summed E-state index contributed by atoms with van der Waals surface area (Å²) in [6.45, 7) is 2.09. The van der Waals surface area contributed by atoms with Crippen LogP contribution in [0.1, 0.15) is 37.7 Å². The van der Waals surface area contributed by atoms with Crippen LogP contribution in [0.3, 0.4) is 0 Å². The molecule has 3 nitrogen and oxygen atoms in total. The van der Waals surface area contributed by atoms with Crippen molar-refractivity contribution in [1.82, 2.24) is 4.98 Å². The van der Waals surface area contributed by atoms with Crippen LogP contribution in [0.25, 0.3) is 10.2 Å². The van der Waals surface area contributed by atoms with E-state index in [0.29, 0.717) is 11.8 Å². The molecule has 0 saturated heterocycles. The maximum atomic E-state index is 12.9. The number of hydrogen-bond donors (Lipinski definition) is 1. The average molecular weight is 326 g/mol. The number of anilines is 1. The van der Waals surface area contributed by atoms with Crippen molar-refractivity contribution in [1.29, 1.82) is 0 Å². The van der Waals surface area contributed by atoms with E-state index in [1.165, 1.54) is 37.7 Å². The van der Waals surface area contributed by atoms with Gasteiger partial charge in [0.25, 0.3) is 0 Å². The molecule has 2 aromatic rings. The van der Waals surface area contributed by atoms with Gasteiger partial charge in [0, 0.05) is 5.92 Å². The van der Waals surface area contributed by atoms with Crippen LogP contribution in [0.15, 0.2) is 18.2 Å². The Balaban J connectivity index is 1.38. The summed E-state index contributed by atoms with van der Waals surface area (Å²) in [6.07, 6.45) is 6.56. The van der Waals surface area contributed by atoms with E-state index in [1.807, 2.05) is 6.07 Å². The van der Waals surface area contributed by atoms with Gasteiger partial charge in [0.05, 0.1) is 10.2 Å². The number of nitrogens with one attached hydrogen (secondary N) is 1. The summed E-state index contributed by atoms with van der Waals surface area (Å²) in [7, 11) is 0. The average Bonchev–Trinajstić information content (AvgIpc) is 2.87. The van der Waals surface area contributed by atoms with Gasteiger partial charge >= 0.3 is 0 Å². The van der Waals surface area contributed by atoms with Crippen LogP contribution >= 0.6 is 11.3 Å². The van der Waals surface area contributed by atoms with E-state index in [2.05, 4.69) is 29.4 Å². The van der Waals surface area contributed by atoms with Crippen molar-refractivity contribution in [3.05, 3.63) is 23.8 Å². The van der Waals surface area contributed by atoms with E-state index < -0.39 is 0 Å². The van der Waals surface area contributed by atoms with Crippen LogP contribution in [0.4, 0.5) is 5.13 Å². The molecule has 1 N–H and O–H groups in total. The molecule has 4 saturated carbocycles. The van der Waals surface area contributed by atoms with Crippen molar-refractivity contribution in [3.8, 4) is 0 Å². The predicted octanol–water partition coefficient (Wildman–Crippen LogP) is 4.62. The third-order valence-electron chi connectivity index (χ3n) is 6.30. The van der Waals surface area contributed by atoms with Crippen LogP contribution in [0, 0.1) is 36.5 Å². The summed E-state index contributed by atoms with van der Waals surface area (Å²) >= 11 is 1.60. The number of carbonyl (C=O) groups excluding carboxylic acids is 1. The Morgan fingerprint density at radius 1 is 1.13 bits per heavy atom. The number of amides is 1. The van der Waals surface area contributed by atoms with Gasteiger partial charge in [0.2, 0.25) is 5.91 Å². The molecule has 4 bridgehead atoms. The van der Waals surface area contributed by atoms with Gasteiger partial charge in [-0.3, -0.25) is 4.79 Å². The Kier molecular flexibility index (Phi) is 3.06. The van der Waals surface area contributed by atoms with Crippen LogP contribution in [-0.2, 0) is 4.79 Å². The summed E-state index contributed by atoms with van der Waals surface area (Å²) in [5.74, 6) is 3.54. The number of thiazole rings is 1. The molecule has 120 valence electrons. The van der Waals surface area contributed by atoms with E-state index in [9.17, 15) is 4.79 Å². The third kappa shape index (κ3) is 2.30. The highest BCUT2D eigenvalue weighted by Gasteiger charge is 2.50. The lowest BCUT2D eigenvalue weighted by Gasteiger charge is -2.53. The zero-order chi connectivity index (χ0) is 15.6. The Bertz CT molecular complexity index is 753. The number of nitrogens with zero attached hydrogens (tertiary/aromatic N) is 1. The van der Waals surface area contributed by atoms with Crippen molar-refractivity contribution in [2.45, 2.75) is 39.0 Å². The lowest BCUT2D eigenvalue weighted by Crippen LogP contribution is -2.49. The zero-order valence-electron chi connectivity index (χ0n) is 13.4. The quantitative estimate of drug-likeness (QED) is 0.875. The number of aromatic nitrogens is 1. The SMILES string of the molecule is Cc1ccc2nc(NC(=O)C3C4CC5CC(C4)CC3C5)sc2c1. The smallest absolute Gasteiger partial charge is 0.229 e. The molecule has 0 spiro atoms. The highest BCUT2D eigenvalue weighted by Crippen LogP contribution is 2.56. The van der Waals surface area contributed by atoms with Gasteiger partial charge in [-0.25, -0.2) is 4.98 Å². The molecule has 4 heteroatoms. The largest absolute Gasteiger partial charge is 0.302 e. The lowest BCUT2D eigenvalue weighted by molar-refractivity contribution is -0.132. The topological polar surface area (TPSA) is 42.0 Å². The Morgan fingerprint density at radius 3 is 2.52 bits per heavy atom. The molecule has 4 fully saturated rings. The minimum atomic E-state index is 0.231. The maximum Gasteiger partial charge on any atom is 0.229 e. The standard InChI is InChI=1S/C19H22N2OS/c1-10-2-3-15-16(4-10)23-19(20-15)21-18(22)17-13-6-11-5-12(8-13)9-14(17)7-11/h2-4,11-14,17H,5-9H2,1H3,(H,20,21,22). The number of benzene rings is 1. The first kappa shape index (κ1) is 14.0. The summed E-state index contributed by atoms with van der Waals surface area (Å²) in [5.41, 5.74) is 2.22. The summed E-state index contributed by atoms with van der Waals surface area (Å²) in [6, 6.07) is 6.26. The van der Waals surface area contributed by atoms with Gasteiger partial charge in [-0.2, -0.15) is 0 Å². The first-order valence-corrected chi connectivity index (χ1v) is 9.65. The van der Waals surface area contributed by atoms with Crippen molar-refractivity contribution in [2.24, 2.45) is 29.6 Å². The van der Waals surface area contributed by atoms with Gasteiger partial charge in [-0.1, -0.05) is 17.4 Å². The molecule has 1 amide bonds. The van der Waals surface area contributed by atoms with Crippen LogP contribution in [0.5, 0.6) is 0 Å². The van der Waals surface area contributed by atoms with Crippen molar-refractivity contribution >= 4 is 32.6 Å². The first-order valence-electron chi connectivity index (χ1n) is 8.84. The Hall–Kier alpha value is -1.42. The third-order valence-corrected chi connectivity index (χ3v) is 7.24. The number of carbonyl (C=O) groups is 1. The van der Waals surface area contributed by atoms with Gasteiger partial charge in [0.15, 0.2) is 5.13 Å². The fourth-order valence-electron chi connectivity index (χ4n) is 5.63.